The maximum absolute atomic E-state index is 10.5. The first-order valence-corrected chi connectivity index (χ1v) is 5.20. The van der Waals surface area contributed by atoms with Gasteiger partial charge in [0.2, 0.25) is 0 Å². The van der Waals surface area contributed by atoms with E-state index in [1.54, 1.807) is 12.3 Å². The van der Waals surface area contributed by atoms with Gasteiger partial charge < -0.3 is 5.11 Å². The van der Waals surface area contributed by atoms with Crippen LogP contribution in [0.1, 0.15) is 24.8 Å². The number of rotatable bonds is 3. The second kappa shape index (κ2) is 4.75. The second-order valence-corrected chi connectivity index (χ2v) is 4.31. The molecule has 0 aliphatic rings. The molecule has 5 heteroatoms. The van der Waals surface area contributed by atoms with E-state index in [2.05, 4.69) is 20.9 Å². The molecular formula is C9H9BrClNO2. The molecule has 1 rings (SSSR count). The summed E-state index contributed by atoms with van der Waals surface area (Å²) in [5.41, 5.74) is 0.753. The molecule has 0 radical (unpaired) electrons. The third kappa shape index (κ3) is 2.96. The molecule has 14 heavy (non-hydrogen) atoms. The number of aliphatic carboxylic acids is 1. The van der Waals surface area contributed by atoms with E-state index in [0.29, 0.717) is 5.15 Å². The van der Waals surface area contributed by atoms with Crippen molar-refractivity contribution in [3.05, 3.63) is 27.5 Å². The molecule has 1 atom stereocenters. The number of carboxylic acids is 1. The summed E-state index contributed by atoms with van der Waals surface area (Å²) in [6, 6.07) is 1.79. The van der Waals surface area contributed by atoms with E-state index in [1.807, 2.05) is 6.92 Å². The number of pyridine rings is 1. The lowest BCUT2D eigenvalue weighted by atomic mass is 10.00. The molecule has 0 aliphatic heterocycles. The van der Waals surface area contributed by atoms with E-state index in [-0.39, 0.29) is 12.3 Å². The van der Waals surface area contributed by atoms with Gasteiger partial charge in [-0.05, 0) is 33.5 Å². The van der Waals surface area contributed by atoms with Crippen molar-refractivity contribution in [1.82, 2.24) is 4.98 Å². The highest BCUT2D eigenvalue weighted by atomic mass is 79.9. The number of hydrogen-bond donors (Lipinski definition) is 1. The van der Waals surface area contributed by atoms with Crippen LogP contribution in [0.2, 0.25) is 5.15 Å². The van der Waals surface area contributed by atoms with Gasteiger partial charge >= 0.3 is 5.97 Å². The van der Waals surface area contributed by atoms with Gasteiger partial charge in [-0.15, -0.1) is 0 Å². The number of halogens is 2. The van der Waals surface area contributed by atoms with Gasteiger partial charge in [0.25, 0.3) is 0 Å². The van der Waals surface area contributed by atoms with Crippen molar-refractivity contribution in [3.63, 3.8) is 0 Å². The van der Waals surface area contributed by atoms with Crippen LogP contribution in [0.15, 0.2) is 16.7 Å². The summed E-state index contributed by atoms with van der Waals surface area (Å²) in [6.45, 7) is 1.81. The molecule has 0 spiro atoms. The average molecular weight is 279 g/mol. The summed E-state index contributed by atoms with van der Waals surface area (Å²) in [5.74, 6) is -0.974. The Balaban J connectivity index is 2.93. The van der Waals surface area contributed by atoms with Crippen LogP contribution in [0.4, 0.5) is 0 Å². The summed E-state index contributed by atoms with van der Waals surface area (Å²) >= 11 is 9.11. The van der Waals surface area contributed by atoms with Gasteiger partial charge in [0.05, 0.1) is 6.42 Å². The first-order chi connectivity index (χ1) is 6.50. The Hall–Kier alpha value is -0.610. The van der Waals surface area contributed by atoms with E-state index in [0.717, 1.165) is 10.0 Å². The number of carboxylic acid groups (broad SMARTS) is 1. The topological polar surface area (TPSA) is 50.2 Å². The second-order valence-electron chi connectivity index (χ2n) is 3.03. The van der Waals surface area contributed by atoms with Crippen molar-refractivity contribution in [2.75, 3.05) is 0 Å². The number of aromatic nitrogens is 1. The first-order valence-electron chi connectivity index (χ1n) is 4.03. The summed E-state index contributed by atoms with van der Waals surface area (Å²) in [7, 11) is 0. The van der Waals surface area contributed by atoms with Crippen LogP contribution in [0.3, 0.4) is 0 Å². The predicted octanol–water partition coefficient (Wildman–Crippen LogP) is 3.08. The van der Waals surface area contributed by atoms with Crippen LogP contribution in [-0.2, 0) is 4.79 Å². The number of carbonyl (C=O) groups is 1. The summed E-state index contributed by atoms with van der Waals surface area (Å²) in [5, 5.41) is 8.99. The zero-order valence-corrected chi connectivity index (χ0v) is 9.84. The van der Waals surface area contributed by atoms with Crippen LogP contribution < -0.4 is 0 Å². The van der Waals surface area contributed by atoms with Crippen molar-refractivity contribution in [2.45, 2.75) is 19.3 Å². The van der Waals surface area contributed by atoms with E-state index in [9.17, 15) is 4.79 Å². The average Bonchev–Trinajstić information content (AvgIpc) is 2.08. The third-order valence-electron chi connectivity index (χ3n) is 1.84. The minimum atomic E-state index is -0.839. The number of nitrogens with zero attached hydrogens (tertiary/aromatic N) is 1. The largest absolute Gasteiger partial charge is 0.481 e. The summed E-state index contributed by atoms with van der Waals surface area (Å²) in [6.07, 6.45) is 1.64. The molecule has 1 heterocycles. The summed E-state index contributed by atoms with van der Waals surface area (Å²) < 4.78 is 0.800. The van der Waals surface area contributed by atoms with Crippen molar-refractivity contribution >= 4 is 33.5 Å². The van der Waals surface area contributed by atoms with Crippen molar-refractivity contribution in [3.8, 4) is 0 Å². The van der Waals surface area contributed by atoms with E-state index >= 15 is 0 Å². The molecule has 1 N–H and O–H groups in total. The molecule has 0 amide bonds. The Morgan fingerprint density at radius 2 is 2.43 bits per heavy atom. The molecule has 0 fully saturated rings. The highest BCUT2D eigenvalue weighted by Crippen LogP contribution is 2.27. The van der Waals surface area contributed by atoms with E-state index in [4.69, 9.17) is 16.7 Å². The predicted molar refractivity (Wildman–Crippen MR) is 57.6 cm³/mol. The van der Waals surface area contributed by atoms with Crippen LogP contribution in [-0.4, -0.2) is 16.1 Å². The van der Waals surface area contributed by atoms with Gasteiger partial charge in [-0.2, -0.15) is 0 Å². The highest BCUT2D eigenvalue weighted by molar-refractivity contribution is 9.10. The lowest BCUT2D eigenvalue weighted by Crippen LogP contribution is -2.04. The molecule has 0 saturated heterocycles. The SMILES string of the molecule is CC(CC(=O)O)c1cc(Br)cnc1Cl. The van der Waals surface area contributed by atoms with Gasteiger partial charge in [0.15, 0.2) is 0 Å². The third-order valence-corrected chi connectivity index (χ3v) is 2.59. The Morgan fingerprint density at radius 3 is 3.00 bits per heavy atom. The normalized spacial score (nSPS) is 12.5. The maximum Gasteiger partial charge on any atom is 0.303 e. The van der Waals surface area contributed by atoms with Crippen molar-refractivity contribution in [2.24, 2.45) is 0 Å². The van der Waals surface area contributed by atoms with Crippen LogP contribution in [0.5, 0.6) is 0 Å². The maximum atomic E-state index is 10.5. The molecule has 1 aromatic heterocycles. The Bertz CT molecular complexity index is 357. The zero-order valence-electron chi connectivity index (χ0n) is 7.50. The Morgan fingerprint density at radius 1 is 1.79 bits per heavy atom. The lowest BCUT2D eigenvalue weighted by molar-refractivity contribution is -0.137. The molecule has 76 valence electrons. The van der Waals surface area contributed by atoms with Gasteiger partial charge in [0.1, 0.15) is 5.15 Å². The molecule has 1 aromatic rings. The fraction of sp³-hybridized carbons (Fsp3) is 0.333. The molecule has 0 aromatic carbocycles. The molecule has 0 aliphatic carbocycles. The van der Waals surface area contributed by atoms with Crippen LogP contribution >= 0.6 is 27.5 Å². The minimum Gasteiger partial charge on any atom is -0.481 e. The molecule has 0 saturated carbocycles. The standard InChI is InChI=1S/C9H9BrClNO2/c1-5(2-8(13)14)7-3-6(10)4-12-9(7)11/h3-5H,2H2,1H3,(H,13,14). The lowest BCUT2D eigenvalue weighted by Gasteiger charge is -2.10. The zero-order chi connectivity index (χ0) is 10.7. The van der Waals surface area contributed by atoms with Crippen molar-refractivity contribution < 1.29 is 9.90 Å². The van der Waals surface area contributed by atoms with E-state index in [1.165, 1.54) is 0 Å². The van der Waals surface area contributed by atoms with Gasteiger partial charge in [-0.25, -0.2) is 4.98 Å². The Labute approximate surface area is 95.2 Å². The van der Waals surface area contributed by atoms with Crippen LogP contribution in [0.25, 0.3) is 0 Å². The van der Waals surface area contributed by atoms with Gasteiger partial charge in [0, 0.05) is 10.7 Å². The number of hydrogen-bond acceptors (Lipinski definition) is 2. The van der Waals surface area contributed by atoms with Gasteiger partial charge in [-0.3, -0.25) is 4.79 Å². The molecular weight excluding hydrogens is 269 g/mol. The smallest absolute Gasteiger partial charge is 0.303 e. The first kappa shape index (κ1) is 11.5. The van der Waals surface area contributed by atoms with Crippen molar-refractivity contribution in [1.29, 1.82) is 0 Å². The molecule has 3 nitrogen and oxygen atoms in total. The fourth-order valence-electron chi connectivity index (χ4n) is 1.16. The Kier molecular flexibility index (Phi) is 3.89. The summed E-state index contributed by atoms with van der Waals surface area (Å²) in [4.78, 5) is 14.4. The fourth-order valence-corrected chi connectivity index (χ4v) is 1.79. The monoisotopic (exact) mass is 277 g/mol. The molecule has 1 unspecified atom stereocenters. The molecule has 0 bridgehead atoms. The van der Waals surface area contributed by atoms with Crippen LogP contribution in [0, 0.1) is 0 Å². The van der Waals surface area contributed by atoms with Gasteiger partial charge in [-0.1, -0.05) is 18.5 Å². The quantitative estimate of drug-likeness (QED) is 0.865. The minimum absolute atomic E-state index is 0.0534. The van der Waals surface area contributed by atoms with E-state index < -0.39 is 5.97 Å². The highest BCUT2D eigenvalue weighted by Gasteiger charge is 2.14.